The van der Waals surface area contributed by atoms with Gasteiger partial charge in [-0.3, -0.25) is 14.4 Å². The summed E-state index contributed by atoms with van der Waals surface area (Å²) >= 11 is 0. The van der Waals surface area contributed by atoms with E-state index in [1.807, 2.05) is 0 Å². The smallest absolute Gasteiger partial charge is 0.270 e. The van der Waals surface area contributed by atoms with E-state index in [0.29, 0.717) is 10.9 Å². The number of halogens is 2. The molecular weight excluding hydrogens is 576 g/mol. The van der Waals surface area contributed by atoms with Crippen molar-refractivity contribution in [2.24, 2.45) is 17.6 Å². The summed E-state index contributed by atoms with van der Waals surface area (Å²) in [5.41, 5.74) is 5.25. The fourth-order valence-corrected chi connectivity index (χ4v) is 6.52. The van der Waals surface area contributed by atoms with Gasteiger partial charge >= 0.3 is 0 Å². The van der Waals surface area contributed by atoms with Gasteiger partial charge in [-0.15, -0.1) is 0 Å². The van der Waals surface area contributed by atoms with Crippen molar-refractivity contribution in [2.75, 3.05) is 66.3 Å². The molecule has 2 aromatic rings. The number of nitrogens with zero attached hydrogens (tertiary/aromatic N) is 3. The highest BCUT2D eigenvalue weighted by molar-refractivity contribution is 5.99. The zero-order chi connectivity index (χ0) is 31.9. The Morgan fingerprint density at radius 3 is 2.20 bits per heavy atom. The number of carbonyl (C=O) groups is 3. The molecule has 1 aliphatic carbocycles. The van der Waals surface area contributed by atoms with Crippen LogP contribution >= 0.6 is 0 Å². The van der Waals surface area contributed by atoms with Gasteiger partial charge in [0.05, 0.1) is 44.5 Å². The minimum Gasteiger partial charge on any atom is -0.394 e. The summed E-state index contributed by atoms with van der Waals surface area (Å²) in [6.07, 6.45) is 4.81. The molecule has 11 nitrogen and oxygen atoms in total. The first-order valence-corrected chi connectivity index (χ1v) is 15.4. The Hall–Kier alpha value is -3.13. The summed E-state index contributed by atoms with van der Waals surface area (Å²) in [5.74, 6) is -3.63. The molecule has 4 rings (SSSR count). The van der Waals surface area contributed by atoms with Crippen molar-refractivity contribution in [3.8, 4) is 0 Å². The highest BCUT2D eigenvalue weighted by Gasteiger charge is 2.49. The van der Waals surface area contributed by atoms with E-state index >= 15 is 0 Å². The van der Waals surface area contributed by atoms with E-state index in [9.17, 15) is 23.2 Å². The minimum absolute atomic E-state index is 0.0285. The van der Waals surface area contributed by atoms with Gasteiger partial charge in [0.2, 0.25) is 11.8 Å². The lowest BCUT2D eigenvalue weighted by Gasteiger charge is -2.44. The summed E-state index contributed by atoms with van der Waals surface area (Å²) in [7, 11) is 1.65. The van der Waals surface area contributed by atoms with Crippen molar-refractivity contribution in [3.63, 3.8) is 0 Å². The number of nitrogens with one attached hydrogen (secondary N) is 1. The number of likely N-dealkylation sites (N-methyl/N-ethyl adjacent to an activating group) is 1. The fourth-order valence-electron chi connectivity index (χ4n) is 6.52. The molecule has 4 N–H and O–H groups in total. The van der Waals surface area contributed by atoms with Crippen LogP contribution in [0.2, 0.25) is 0 Å². The van der Waals surface area contributed by atoms with Crippen LogP contribution in [0.15, 0.2) is 18.2 Å². The molecule has 2 aliphatic rings. The van der Waals surface area contributed by atoms with Crippen LogP contribution in [0.4, 0.5) is 8.78 Å². The average molecular weight is 622 g/mol. The third kappa shape index (κ3) is 7.39. The Morgan fingerprint density at radius 2 is 1.59 bits per heavy atom. The number of aromatic nitrogens is 1. The Balaban J connectivity index is 1.48. The molecule has 2 heterocycles. The Bertz CT molecular complexity index is 1310. The van der Waals surface area contributed by atoms with E-state index in [-0.39, 0.29) is 89.2 Å². The Labute approximate surface area is 256 Å². The van der Waals surface area contributed by atoms with Gasteiger partial charge < -0.3 is 40.0 Å². The SMILES string of the molecule is CNC(C)(C(N)=O)[C@@H](C(=O)N1CCN(C(=O)c2cc3cc(F)c(F)cc3n2CCOCCOCCO)CC1)C1CCCCC1. The molecule has 0 bridgehead atoms. The highest BCUT2D eigenvalue weighted by atomic mass is 19.2. The number of piperazine rings is 1. The molecule has 3 amide bonds. The largest absolute Gasteiger partial charge is 0.394 e. The van der Waals surface area contributed by atoms with Crippen LogP contribution in [0.25, 0.3) is 10.9 Å². The lowest BCUT2D eigenvalue weighted by molar-refractivity contribution is -0.147. The number of aliphatic hydroxyl groups is 1. The number of primary amides is 1. The van der Waals surface area contributed by atoms with Gasteiger partial charge in [-0.1, -0.05) is 19.3 Å². The molecule has 1 aliphatic heterocycles. The second-order valence-electron chi connectivity index (χ2n) is 11.8. The van der Waals surface area contributed by atoms with Crippen LogP contribution < -0.4 is 11.1 Å². The van der Waals surface area contributed by atoms with Crippen LogP contribution in [0.5, 0.6) is 0 Å². The number of hydrogen-bond donors (Lipinski definition) is 3. The van der Waals surface area contributed by atoms with Crippen LogP contribution in [-0.2, 0) is 25.6 Å². The van der Waals surface area contributed by atoms with Gasteiger partial charge in [0.15, 0.2) is 11.6 Å². The molecule has 0 radical (unpaired) electrons. The second kappa shape index (κ2) is 15.2. The molecule has 44 heavy (non-hydrogen) atoms. The van der Waals surface area contributed by atoms with Gasteiger partial charge in [0.25, 0.3) is 5.91 Å². The quantitative estimate of drug-likeness (QED) is 0.274. The van der Waals surface area contributed by atoms with Gasteiger partial charge in [-0.05, 0) is 44.9 Å². The summed E-state index contributed by atoms with van der Waals surface area (Å²) in [5, 5.41) is 12.2. The number of ether oxygens (including phenoxy) is 2. The number of benzene rings is 1. The highest BCUT2D eigenvalue weighted by Crippen LogP contribution is 2.37. The molecule has 1 unspecified atom stereocenters. The summed E-state index contributed by atoms with van der Waals surface area (Å²) < 4.78 is 40.7. The third-order valence-corrected chi connectivity index (χ3v) is 9.15. The van der Waals surface area contributed by atoms with E-state index in [1.165, 1.54) is 0 Å². The monoisotopic (exact) mass is 621 g/mol. The second-order valence-corrected chi connectivity index (χ2v) is 11.8. The van der Waals surface area contributed by atoms with E-state index < -0.39 is 29.0 Å². The molecule has 2 fully saturated rings. The molecule has 1 aromatic heterocycles. The van der Waals surface area contributed by atoms with E-state index in [1.54, 1.807) is 34.4 Å². The topological polar surface area (TPSA) is 139 Å². The maximum absolute atomic E-state index is 14.2. The van der Waals surface area contributed by atoms with E-state index in [0.717, 1.165) is 44.2 Å². The van der Waals surface area contributed by atoms with Crippen LogP contribution in [-0.4, -0.2) is 109 Å². The van der Waals surface area contributed by atoms with Crippen LogP contribution in [0, 0.1) is 23.5 Å². The van der Waals surface area contributed by atoms with Crippen LogP contribution in [0.1, 0.15) is 49.5 Å². The first-order valence-electron chi connectivity index (χ1n) is 15.4. The molecule has 1 saturated carbocycles. The number of nitrogens with two attached hydrogens (primary N) is 1. The maximum Gasteiger partial charge on any atom is 0.270 e. The lowest BCUT2D eigenvalue weighted by atomic mass is 9.69. The molecule has 0 spiro atoms. The van der Waals surface area contributed by atoms with E-state index in [2.05, 4.69) is 5.32 Å². The third-order valence-electron chi connectivity index (χ3n) is 9.15. The van der Waals surface area contributed by atoms with Crippen molar-refractivity contribution >= 4 is 28.6 Å². The number of carbonyl (C=O) groups excluding carboxylic acids is 3. The molecule has 1 aromatic carbocycles. The normalized spacial score (nSPS) is 18.4. The van der Waals surface area contributed by atoms with Gasteiger partial charge in [-0.25, -0.2) is 8.78 Å². The zero-order valence-corrected chi connectivity index (χ0v) is 25.7. The van der Waals surface area contributed by atoms with Crippen molar-refractivity contribution in [1.29, 1.82) is 0 Å². The maximum atomic E-state index is 14.2. The Kier molecular flexibility index (Phi) is 11.7. The lowest BCUT2D eigenvalue weighted by Crippen LogP contribution is -2.64. The number of amides is 3. The van der Waals surface area contributed by atoms with Crippen molar-refractivity contribution in [3.05, 3.63) is 35.5 Å². The van der Waals surface area contributed by atoms with E-state index in [4.69, 9.17) is 20.3 Å². The van der Waals surface area contributed by atoms with Gasteiger partial charge in [0, 0.05) is 44.2 Å². The molecule has 244 valence electrons. The fraction of sp³-hybridized carbons (Fsp3) is 0.645. The summed E-state index contributed by atoms with van der Waals surface area (Å²) in [6.45, 7) is 3.87. The van der Waals surface area contributed by atoms with Crippen molar-refractivity contribution in [1.82, 2.24) is 19.7 Å². The minimum atomic E-state index is -1.20. The summed E-state index contributed by atoms with van der Waals surface area (Å²) in [6, 6.07) is 3.69. The first-order chi connectivity index (χ1) is 21.1. The number of rotatable bonds is 14. The standard InChI is InChI=1S/C31H45F2N5O6/c1-31(35-2,30(34)42)27(21-6-4-3-5-7-21)29(41)37-10-8-36(9-11-37)28(40)26-19-22-18-23(32)24(33)20-25(22)38(26)12-14-43-16-17-44-15-13-39/h18-21,27,35,39H,3-17H2,1-2H3,(H2,34,42)/t27-,31?/m1/s1. The number of aliphatic hydroxyl groups excluding tert-OH is 1. The predicted octanol–water partition coefficient (Wildman–Crippen LogP) is 1.89. The number of fused-ring (bicyclic) bond motifs is 1. The Morgan fingerprint density at radius 1 is 0.977 bits per heavy atom. The zero-order valence-electron chi connectivity index (χ0n) is 25.7. The molecule has 13 heteroatoms. The average Bonchev–Trinajstić information content (AvgIpc) is 3.37. The van der Waals surface area contributed by atoms with Crippen molar-refractivity contribution in [2.45, 2.75) is 51.1 Å². The van der Waals surface area contributed by atoms with Crippen LogP contribution in [0.3, 0.4) is 0 Å². The van der Waals surface area contributed by atoms with Crippen molar-refractivity contribution < 1.29 is 37.7 Å². The van der Waals surface area contributed by atoms with Gasteiger partial charge in [0.1, 0.15) is 11.2 Å². The van der Waals surface area contributed by atoms with Gasteiger partial charge in [-0.2, -0.15) is 0 Å². The molecule has 2 atom stereocenters. The molecule has 1 saturated heterocycles. The predicted molar refractivity (Wildman–Crippen MR) is 160 cm³/mol. The summed E-state index contributed by atoms with van der Waals surface area (Å²) in [4.78, 5) is 43.7. The first kappa shape index (κ1) is 33.8. The number of hydrogen-bond acceptors (Lipinski definition) is 7. The molecular formula is C31H45F2N5O6.